The highest BCUT2D eigenvalue weighted by Crippen LogP contribution is 2.44. The zero-order valence-electron chi connectivity index (χ0n) is 27.1. The Hall–Kier alpha value is -6.88. The van der Waals surface area contributed by atoms with Crippen LogP contribution in [0, 0.1) is 24.7 Å². The molecule has 0 unspecified atom stereocenters. The summed E-state index contributed by atoms with van der Waals surface area (Å²) in [7, 11) is 0. The molecule has 0 N–H and O–H groups in total. The Balaban J connectivity index is 1.30. The van der Waals surface area contributed by atoms with Gasteiger partial charge in [-0.25, -0.2) is 9.97 Å². The summed E-state index contributed by atoms with van der Waals surface area (Å²) in [6, 6.07) is 43.1. The molecule has 0 saturated heterocycles. The average Bonchev–Trinajstić information content (AvgIpc) is 3.72. The number of hydrogen-bond donors (Lipinski definition) is 0. The first-order chi connectivity index (χ1) is 24.7. The number of para-hydroxylation sites is 2. The molecule has 232 valence electrons. The van der Waals surface area contributed by atoms with Crippen molar-refractivity contribution in [1.82, 2.24) is 19.1 Å². The Bertz CT molecular complexity index is 2910. The summed E-state index contributed by atoms with van der Waals surface area (Å²) in [5.74, 6) is 6.27. The third-order valence-corrected chi connectivity index (χ3v) is 10.1. The number of terminal acetylenes is 2. The fourth-order valence-corrected chi connectivity index (χ4v) is 8.05. The Kier molecular flexibility index (Phi) is 6.10. The highest BCUT2D eigenvalue weighted by molar-refractivity contribution is 6.34. The van der Waals surface area contributed by atoms with Gasteiger partial charge in [0.15, 0.2) is 5.82 Å². The summed E-state index contributed by atoms with van der Waals surface area (Å²) in [4.78, 5) is 10.7. The monoisotopic (exact) mass is 636 g/mol. The Labute approximate surface area is 288 Å². The predicted molar refractivity (Wildman–Crippen MR) is 208 cm³/mol. The van der Waals surface area contributed by atoms with Crippen LogP contribution in [-0.4, -0.2) is 19.1 Å². The zero-order valence-corrected chi connectivity index (χ0v) is 27.1. The fourth-order valence-electron chi connectivity index (χ4n) is 8.05. The third-order valence-electron chi connectivity index (χ3n) is 10.1. The minimum Gasteiger partial charge on any atom is -0.335 e. The summed E-state index contributed by atoms with van der Waals surface area (Å²) in [6.07, 6.45) is 15.8. The Morgan fingerprint density at radius 2 is 0.960 bits per heavy atom. The van der Waals surface area contributed by atoms with Crippen molar-refractivity contribution in [2.24, 2.45) is 0 Å². The smallest absolute Gasteiger partial charge is 0.162 e. The van der Waals surface area contributed by atoms with Crippen LogP contribution >= 0.6 is 0 Å². The first kappa shape index (κ1) is 28.2. The number of rotatable bonds is 5. The number of benzene rings is 7. The molecule has 0 spiro atoms. The fraction of sp³-hybridized carbons (Fsp3) is 0.0435. The Morgan fingerprint density at radius 1 is 0.460 bits per heavy atom. The molecule has 0 atom stereocenters. The first-order valence-corrected chi connectivity index (χ1v) is 16.7. The lowest BCUT2D eigenvalue weighted by molar-refractivity contribution is 0.886. The molecule has 0 aliphatic carbocycles. The van der Waals surface area contributed by atoms with E-state index in [1.165, 1.54) is 37.7 Å². The normalized spacial score (nSPS) is 11.7. The third kappa shape index (κ3) is 4.03. The van der Waals surface area contributed by atoms with Crippen LogP contribution in [0.3, 0.4) is 0 Å². The van der Waals surface area contributed by atoms with Crippen molar-refractivity contribution in [2.75, 3.05) is 0 Å². The van der Waals surface area contributed by atoms with E-state index < -0.39 is 0 Å². The molecule has 3 aromatic heterocycles. The molecule has 0 amide bonds. The lowest BCUT2D eigenvalue weighted by atomic mass is 9.88. The van der Waals surface area contributed by atoms with Crippen molar-refractivity contribution < 1.29 is 0 Å². The van der Waals surface area contributed by atoms with Gasteiger partial charge in [0.2, 0.25) is 0 Å². The van der Waals surface area contributed by atoms with Crippen LogP contribution in [0.1, 0.15) is 0 Å². The van der Waals surface area contributed by atoms with Crippen molar-refractivity contribution in [3.63, 3.8) is 0 Å². The van der Waals surface area contributed by atoms with Crippen LogP contribution in [0.2, 0.25) is 0 Å². The number of aromatic nitrogens is 4. The van der Waals surface area contributed by atoms with Gasteiger partial charge in [-0.2, -0.15) is 0 Å². The van der Waals surface area contributed by atoms with Gasteiger partial charge < -0.3 is 9.13 Å². The molecule has 0 aliphatic heterocycles. The second kappa shape index (κ2) is 10.8. The van der Waals surface area contributed by atoms with Gasteiger partial charge in [0.1, 0.15) is 0 Å². The van der Waals surface area contributed by atoms with Crippen LogP contribution in [0.15, 0.2) is 134 Å². The van der Waals surface area contributed by atoms with Crippen LogP contribution in [-0.2, 0) is 13.1 Å². The SMILES string of the molecule is C#CCn1cc(-c2cc(-c3ccc4c5cccc6cccc(c7cccc3c74)c65)nc(-c3cn(CC#C)c4ccccc34)n2)c2ccccc21. The molecule has 10 rings (SSSR count). The molecule has 4 nitrogen and oxygen atoms in total. The minimum atomic E-state index is 0.454. The lowest BCUT2D eigenvalue weighted by Crippen LogP contribution is -1.97. The van der Waals surface area contributed by atoms with Gasteiger partial charge >= 0.3 is 0 Å². The molecule has 4 heteroatoms. The molecule has 0 fully saturated rings. The molecular formula is C46H28N4. The van der Waals surface area contributed by atoms with E-state index in [-0.39, 0.29) is 0 Å². The first-order valence-electron chi connectivity index (χ1n) is 16.7. The average molecular weight is 637 g/mol. The number of fused-ring (bicyclic) bond motifs is 4. The standard InChI is InChI=1S/C46H28N4/c1-3-24-49-27-38(31-14-5-7-20-42(31)49)41-26-40(47-46(48-41)39-28-50(25-4-2)43-21-8-6-15-32(39)43)30-22-23-37-35-17-10-13-29-12-9-16-34(44(29)35)36-19-11-18-33(30)45(36)37/h1-2,5-23,26-28H,24-25H2. The minimum absolute atomic E-state index is 0.454. The molecule has 50 heavy (non-hydrogen) atoms. The van der Waals surface area contributed by atoms with E-state index in [2.05, 4.69) is 143 Å². The van der Waals surface area contributed by atoms with E-state index in [0.29, 0.717) is 18.9 Å². The van der Waals surface area contributed by atoms with Crippen molar-refractivity contribution in [2.45, 2.75) is 13.1 Å². The van der Waals surface area contributed by atoms with Crippen LogP contribution in [0.4, 0.5) is 0 Å². The highest BCUT2D eigenvalue weighted by Gasteiger charge is 2.21. The van der Waals surface area contributed by atoms with E-state index >= 15 is 0 Å². The maximum absolute atomic E-state index is 5.81. The quantitative estimate of drug-likeness (QED) is 0.107. The number of nitrogens with zero attached hydrogens (tertiary/aromatic N) is 4. The van der Waals surface area contributed by atoms with E-state index in [0.717, 1.165) is 55.3 Å². The van der Waals surface area contributed by atoms with E-state index in [1.807, 2.05) is 12.1 Å². The summed E-state index contributed by atoms with van der Waals surface area (Å²) < 4.78 is 4.21. The van der Waals surface area contributed by atoms with E-state index in [1.54, 1.807) is 0 Å². The van der Waals surface area contributed by atoms with Gasteiger partial charge in [-0.05, 0) is 61.3 Å². The van der Waals surface area contributed by atoms with Crippen molar-refractivity contribution in [1.29, 1.82) is 0 Å². The van der Waals surface area contributed by atoms with Crippen LogP contribution in [0.25, 0.3) is 98.8 Å². The summed E-state index contributed by atoms with van der Waals surface area (Å²) >= 11 is 0. The van der Waals surface area contributed by atoms with Crippen LogP contribution < -0.4 is 0 Å². The molecule has 0 bridgehead atoms. The van der Waals surface area contributed by atoms with Crippen molar-refractivity contribution >= 4 is 64.9 Å². The molecule has 10 aromatic rings. The van der Waals surface area contributed by atoms with E-state index in [9.17, 15) is 0 Å². The van der Waals surface area contributed by atoms with Gasteiger partial charge in [0, 0.05) is 50.9 Å². The zero-order chi connectivity index (χ0) is 33.3. The predicted octanol–water partition coefficient (Wildman–Crippen LogP) is 10.7. The second-order valence-electron chi connectivity index (χ2n) is 12.8. The van der Waals surface area contributed by atoms with Gasteiger partial charge in [-0.15, -0.1) is 12.8 Å². The summed E-state index contributed by atoms with van der Waals surface area (Å²) in [5, 5.41) is 12.1. The van der Waals surface area contributed by atoms with Gasteiger partial charge in [0.25, 0.3) is 0 Å². The van der Waals surface area contributed by atoms with E-state index in [4.69, 9.17) is 22.8 Å². The molecule has 0 saturated carbocycles. The summed E-state index contributed by atoms with van der Waals surface area (Å²) in [5.41, 5.74) is 6.82. The molecule has 3 heterocycles. The molecule has 7 aromatic carbocycles. The van der Waals surface area contributed by atoms with Crippen LogP contribution in [0.5, 0.6) is 0 Å². The van der Waals surface area contributed by atoms with Gasteiger partial charge in [-0.3, -0.25) is 0 Å². The molecule has 0 radical (unpaired) electrons. The largest absolute Gasteiger partial charge is 0.335 e. The molecular weight excluding hydrogens is 609 g/mol. The lowest BCUT2D eigenvalue weighted by Gasteiger charge is -2.17. The summed E-state index contributed by atoms with van der Waals surface area (Å²) in [6.45, 7) is 0.920. The van der Waals surface area contributed by atoms with Crippen molar-refractivity contribution in [3.05, 3.63) is 134 Å². The number of hydrogen-bond acceptors (Lipinski definition) is 2. The highest BCUT2D eigenvalue weighted by atomic mass is 15.0. The van der Waals surface area contributed by atoms with Gasteiger partial charge in [-0.1, -0.05) is 115 Å². The Morgan fingerprint density at radius 3 is 1.62 bits per heavy atom. The molecule has 0 aliphatic rings. The second-order valence-corrected chi connectivity index (χ2v) is 12.8. The maximum Gasteiger partial charge on any atom is 0.162 e. The topological polar surface area (TPSA) is 35.6 Å². The van der Waals surface area contributed by atoms with Crippen molar-refractivity contribution in [3.8, 4) is 58.6 Å². The van der Waals surface area contributed by atoms with Gasteiger partial charge in [0.05, 0.1) is 24.5 Å². The maximum atomic E-state index is 5.81.